The van der Waals surface area contributed by atoms with Crippen LogP contribution in [0.1, 0.15) is 16.7 Å². The Kier molecular flexibility index (Phi) is 4.87. The molecule has 0 fully saturated rings. The smallest absolute Gasteiger partial charge is 0.263 e. The molecule has 3 N–H and O–H groups in total. The second-order valence-electron chi connectivity index (χ2n) is 4.40. The van der Waals surface area contributed by atoms with E-state index >= 15 is 0 Å². The molecule has 0 atom stereocenters. The molecule has 1 heterocycles. The monoisotopic (exact) mass is 326 g/mol. The van der Waals surface area contributed by atoms with Gasteiger partial charge >= 0.3 is 0 Å². The number of nitrogens with one attached hydrogen (secondary N) is 1. The van der Waals surface area contributed by atoms with E-state index < -0.39 is 10.0 Å². The number of hydrogen-bond acceptors (Lipinski definition) is 5. The summed E-state index contributed by atoms with van der Waals surface area (Å²) < 4.78 is 32.7. The molecule has 0 bridgehead atoms. The molecule has 0 radical (unpaired) electrons. The van der Waals surface area contributed by atoms with E-state index in [9.17, 15) is 8.42 Å². The van der Waals surface area contributed by atoms with Crippen molar-refractivity contribution in [1.29, 1.82) is 0 Å². The largest absolute Gasteiger partial charge is 0.494 e. The highest BCUT2D eigenvalue weighted by molar-refractivity contribution is 7.93. The summed E-state index contributed by atoms with van der Waals surface area (Å²) in [4.78, 5) is 1.86. The number of benzene rings is 1. The summed E-state index contributed by atoms with van der Waals surface area (Å²) in [6, 6.07) is 8.43. The van der Waals surface area contributed by atoms with Crippen molar-refractivity contribution in [3.05, 3.63) is 40.1 Å². The topological polar surface area (TPSA) is 81.4 Å². The molecule has 0 aliphatic carbocycles. The molecule has 0 saturated heterocycles. The zero-order chi connectivity index (χ0) is 15.5. The minimum Gasteiger partial charge on any atom is -0.494 e. The first-order valence-electron chi connectivity index (χ1n) is 6.51. The first-order valence-corrected chi connectivity index (χ1v) is 8.81. The van der Waals surface area contributed by atoms with Gasteiger partial charge in [0, 0.05) is 22.0 Å². The van der Waals surface area contributed by atoms with Crippen LogP contribution in [0.15, 0.2) is 35.2 Å². The number of anilines is 1. The molecule has 0 aliphatic heterocycles. The second-order valence-corrected chi connectivity index (χ2v) is 7.39. The third kappa shape index (κ3) is 3.75. The standard InChI is InChI=1S/C14H18N2O3S2/c1-3-19-12-6-4-11(5-7-12)16-21(17,18)14-8-13(9-15)20-10(14)2/h4-8,16H,3,9,15H2,1-2H3. The lowest BCUT2D eigenvalue weighted by Crippen LogP contribution is -2.13. The van der Waals surface area contributed by atoms with Crippen molar-refractivity contribution in [1.82, 2.24) is 0 Å². The molecule has 1 aromatic carbocycles. The van der Waals surface area contributed by atoms with Crippen molar-refractivity contribution < 1.29 is 13.2 Å². The van der Waals surface area contributed by atoms with Crippen LogP contribution in [0, 0.1) is 6.92 Å². The summed E-state index contributed by atoms with van der Waals surface area (Å²) in [5.41, 5.74) is 6.05. The Labute approximate surface area is 128 Å². The van der Waals surface area contributed by atoms with Crippen LogP contribution in [0.25, 0.3) is 0 Å². The summed E-state index contributed by atoms with van der Waals surface area (Å²) in [5.74, 6) is 0.706. The number of nitrogens with two attached hydrogens (primary N) is 1. The number of ether oxygens (including phenoxy) is 1. The van der Waals surface area contributed by atoms with Crippen LogP contribution in [0.5, 0.6) is 5.75 Å². The van der Waals surface area contributed by atoms with Gasteiger partial charge in [-0.1, -0.05) is 0 Å². The van der Waals surface area contributed by atoms with Crippen molar-refractivity contribution in [2.75, 3.05) is 11.3 Å². The van der Waals surface area contributed by atoms with Gasteiger partial charge in [0.05, 0.1) is 6.61 Å². The van der Waals surface area contributed by atoms with Crippen molar-refractivity contribution in [3.63, 3.8) is 0 Å². The second kappa shape index (κ2) is 6.46. The minimum absolute atomic E-state index is 0.279. The predicted octanol–water partition coefficient (Wildman–Crippen LogP) is 2.71. The van der Waals surface area contributed by atoms with Gasteiger partial charge in [0.25, 0.3) is 10.0 Å². The SMILES string of the molecule is CCOc1ccc(NS(=O)(=O)c2cc(CN)sc2C)cc1. The number of rotatable bonds is 6. The fourth-order valence-corrected chi connectivity index (χ4v) is 4.46. The molecular formula is C14H18N2O3S2. The molecular weight excluding hydrogens is 308 g/mol. The molecule has 21 heavy (non-hydrogen) atoms. The Morgan fingerprint density at radius 3 is 2.48 bits per heavy atom. The van der Waals surface area contributed by atoms with Crippen LogP contribution >= 0.6 is 11.3 Å². The maximum atomic E-state index is 12.4. The van der Waals surface area contributed by atoms with Crippen LogP contribution in [-0.4, -0.2) is 15.0 Å². The molecule has 0 saturated carbocycles. The highest BCUT2D eigenvalue weighted by Gasteiger charge is 2.19. The number of thiophene rings is 1. The van der Waals surface area contributed by atoms with E-state index in [0.29, 0.717) is 24.6 Å². The van der Waals surface area contributed by atoms with E-state index in [2.05, 4.69) is 4.72 Å². The molecule has 0 unspecified atom stereocenters. The maximum Gasteiger partial charge on any atom is 0.263 e. The molecule has 0 spiro atoms. The summed E-state index contributed by atoms with van der Waals surface area (Å²) >= 11 is 1.40. The zero-order valence-electron chi connectivity index (χ0n) is 11.9. The first-order chi connectivity index (χ1) is 9.96. The van der Waals surface area contributed by atoms with Gasteiger partial charge in [0.2, 0.25) is 0 Å². The van der Waals surface area contributed by atoms with Gasteiger partial charge in [-0.2, -0.15) is 0 Å². The van der Waals surface area contributed by atoms with Crippen LogP contribution in [0.3, 0.4) is 0 Å². The summed E-state index contributed by atoms with van der Waals surface area (Å²) in [5, 5.41) is 0. The zero-order valence-corrected chi connectivity index (χ0v) is 13.6. The molecule has 7 heteroatoms. The Morgan fingerprint density at radius 2 is 1.95 bits per heavy atom. The van der Waals surface area contributed by atoms with Gasteiger partial charge in [-0.15, -0.1) is 11.3 Å². The van der Waals surface area contributed by atoms with Crippen molar-refractivity contribution in [3.8, 4) is 5.75 Å². The lowest BCUT2D eigenvalue weighted by Gasteiger charge is -2.08. The normalized spacial score (nSPS) is 11.4. The quantitative estimate of drug-likeness (QED) is 0.855. The maximum absolute atomic E-state index is 12.4. The van der Waals surface area contributed by atoms with Gasteiger partial charge in [-0.25, -0.2) is 8.42 Å². The molecule has 0 amide bonds. The summed E-state index contributed by atoms with van der Waals surface area (Å²) in [7, 11) is -3.59. The van der Waals surface area contributed by atoms with E-state index in [1.54, 1.807) is 37.3 Å². The Morgan fingerprint density at radius 1 is 1.29 bits per heavy atom. The molecule has 2 aromatic rings. The van der Waals surface area contributed by atoms with E-state index in [1.807, 2.05) is 6.92 Å². The third-order valence-corrected chi connectivity index (χ3v) is 5.54. The van der Waals surface area contributed by atoms with E-state index in [4.69, 9.17) is 10.5 Å². The molecule has 5 nitrogen and oxygen atoms in total. The fraction of sp³-hybridized carbons (Fsp3) is 0.286. The Bertz CT molecular complexity index is 706. The minimum atomic E-state index is -3.59. The third-order valence-electron chi connectivity index (χ3n) is 2.83. The van der Waals surface area contributed by atoms with E-state index in [-0.39, 0.29) is 4.90 Å². The average molecular weight is 326 g/mol. The van der Waals surface area contributed by atoms with Crippen LogP contribution in [0.4, 0.5) is 5.69 Å². The lowest BCUT2D eigenvalue weighted by molar-refractivity contribution is 0.340. The Balaban J connectivity index is 2.22. The summed E-state index contributed by atoms with van der Waals surface area (Å²) in [6.45, 7) is 4.58. The van der Waals surface area contributed by atoms with Gasteiger partial charge in [-0.3, -0.25) is 4.72 Å². The molecule has 2 rings (SSSR count). The highest BCUT2D eigenvalue weighted by Crippen LogP contribution is 2.27. The Hall–Kier alpha value is -1.57. The van der Waals surface area contributed by atoms with Gasteiger partial charge in [-0.05, 0) is 44.2 Å². The molecule has 114 valence electrons. The van der Waals surface area contributed by atoms with Crippen LogP contribution in [0.2, 0.25) is 0 Å². The molecule has 0 aliphatic rings. The molecule has 1 aromatic heterocycles. The van der Waals surface area contributed by atoms with Gasteiger partial charge in [0.15, 0.2) is 0 Å². The van der Waals surface area contributed by atoms with Crippen molar-refractivity contribution in [2.45, 2.75) is 25.3 Å². The highest BCUT2D eigenvalue weighted by atomic mass is 32.2. The number of aryl methyl sites for hydroxylation is 1. The van der Waals surface area contributed by atoms with Gasteiger partial charge in [0.1, 0.15) is 10.6 Å². The average Bonchev–Trinajstić information content (AvgIpc) is 2.83. The van der Waals surface area contributed by atoms with Crippen molar-refractivity contribution in [2.24, 2.45) is 5.73 Å². The fourth-order valence-electron chi connectivity index (χ4n) is 1.89. The number of hydrogen-bond donors (Lipinski definition) is 2. The lowest BCUT2D eigenvalue weighted by atomic mass is 10.3. The number of sulfonamides is 1. The van der Waals surface area contributed by atoms with E-state index in [1.165, 1.54) is 11.3 Å². The van der Waals surface area contributed by atoms with Crippen LogP contribution < -0.4 is 15.2 Å². The van der Waals surface area contributed by atoms with E-state index in [0.717, 1.165) is 9.75 Å². The van der Waals surface area contributed by atoms with Crippen LogP contribution in [-0.2, 0) is 16.6 Å². The van der Waals surface area contributed by atoms with Crippen molar-refractivity contribution >= 4 is 27.0 Å². The first kappa shape index (κ1) is 15.8. The van der Waals surface area contributed by atoms with Gasteiger partial charge < -0.3 is 10.5 Å². The summed E-state index contributed by atoms with van der Waals surface area (Å²) in [6.07, 6.45) is 0. The predicted molar refractivity (Wildman–Crippen MR) is 85.4 cm³/mol.